The van der Waals surface area contributed by atoms with Crippen molar-refractivity contribution in [1.82, 2.24) is 0 Å². The molecule has 0 amide bonds. The summed E-state index contributed by atoms with van der Waals surface area (Å²) in [5.74, 6) is 0. The molecule has 3 heteroatoms. The molecular formula is C4H6O3. The van der Waals surface area contributed by atoms with Crippen LogP contribution in [0.1, 0.15) is 6.42 Å². The van der Waals surface area contributed by atoms with Crippen LogP contribution < -0.4 is 0 Å². The van der Waals surface area contributed by atoms with Gasteiger partial charge in [0.15, 0.2) is 0 Å². The smallest absolute Gasteiger partial charge is 0.434 e. The lowest BCUT2D eigenvalue weighted by atomic mass is 10.5. The third-order valence-corrected chi connectivity index (χ3v) is 0.729. The van der Waals surface area contributed by atoms with Crippen molar-refractivity contribution in [3.63, 3.8) is 0 Å². The van der Waals surface area contributed by atoms with E-state index < -0.39 is 6.16 Å². The molecule has 3 nitrogen and oxygen atoms in total. The van der Waals surface area contributed by atoms with Crippen LogP contribution in [0, 0.1) is 0 Å². The molecule has 1 heterocycles. The Balaban J connectivity index is 2.25. The SMILES string of the molecule is O=C1OCCCO1. The topological polar surface area (TPSA) is 35.5 Å². The van der Waals surface area contributed by atoms with E-state index in [1.807, 2.05) is 0 Å². The van der Waals surface area contributed by atoms with Crippen molar-refractivity contribution in [2.24, 2.45) is 0 Å². The van der Waals surface area contributed by atoms with Gasteiger partial charge in [0, 0.05) is 6.42 Å². The van der Waals surface area contributed by atoms with E-state index in [1.54, 1.807) is 0 Å². The van der Waals surface area contributed by atoms with Gasteiger partial charge >= 0.3 is 6.16 Å². The van der Waals surface area contributed by atoms with Crippen LogP contribution in [0.15, 0.2) is 0 Å². The monoisotopic (exact) mass is 102 g/mol. The predicted octanol–water partition coefficient (Wildman–Crippen LogP) is 0.543. The van der Waals surface area contributed by atoms with E-state index in [0.717, 1.165) is 6.42 Å². The highest BCUT2D eigenvalue weighted by atomic mass is 16.7. The number of hydrogen-bond donors (Lipinski definition) is 0. The predicted molar refractivity (Wildman–Crippen MR) is 21.9 cm³/mol. The van der Waals surface area contributed by atoms with Gasteiger partial charge in [0.1, 0.15) is 0 Å². The summed E-state index contributed by atoms with van der Waals surface area (Å²) in [5.41, 5.74) is 0. The molecule has 0 aromatic rings. The first-order valence-electron chi connectivity index (χ1n) is 2.19. The van der Waals surface area contributed by atoms with Crippen molar-refractivity contribution in [2.75, 3.05) is 13.2 Å². The van der Waals surface area contributed by atoms with Gasteiger partial charge in [-0.15, -0.1) is 0 Å². The van der Waals surface area contributed by atoms with Crippen molar-refractivity contribution < 1.29 is 14.3 Å². The summed E-state index contributed by atoms with van der Waals surface area (Å²) in [5, 5.41) is 0. The molecule has 0 unspecified atom stereocenters. The first kappa shape index (κ1) is 4.43. The molecule has 0 atom stereocenters. The zero-order chi connectivity index (χ0) is 5.11. The second-order valence-corrected chi connectivity index (χ2v) is 1.30. The van der Waals surface area contributed by atoms with Gasteiger partial charge in [0.2, 0.25) is 0 Å². The summed E-state index contributed by atoms with van der Waals surface area (Å²) in [7, 11) is 0. The van der Waals surface area contributed by atoms with E-state index in [4.69, 9.17) is 0 Å². The average Bonchev–Trinajstić information content (AvgIpc) is 1.69. The molecule has 1 fully saturated rings. The van der Waals surface area contributed by atoms with Crippen LogP contribution >= 0.6 is 0 Å². The first-order valence-corrected chi connectivity index (χ1v) is 2.19. The largest absolute Gasteiger partial charge is 0.508 e. The molecule has 7 heavy (non-hydrogen) atoms. The second kappa shape index (κ2) is 1.82. The summed E-state index contributed by atoms with van der Waals surface area (Å²) < 4.78 is 8.83. The second-order valence-electron chi connectivity index (χ2n) is 1.30. The van der Waals surface area contributed by atoms with Crippen LogP contribution in [0.5, 0.6) is 0 Å². The molecule has 1 rings (SSSR count). The lowest BCUT2D eigenvalue weighted by molar-refractivity contribution is 0.0192. The maximum atomic E-state index is 10.0. The van der Waals surface area contributed by atoms with Crippen LogP contribution in [0.4, 0.5) is 4.79 Å². The molecule has 0 aliphatic carbocycles. The van der Waals surface area contributed by atoms with Gasteiger partial charge in [-0.1, -0.05) is 0 Å². The highest BCUT2D eigenvalue weighted by Gasteiger charge is 2.07. The van der Waals surface area contributed by atoms with E-state index in [0.29, 0.717) is 13.2 Å². The van der Waals surface area contributed by atoms with Crippen LogP contribution in [0.25, 0.3) is 0 Å². The molecule has 0 aromatic carbocycles. The maximum Gasteiger partial charge on any atom is 0.508 e. The van der Waals surface area contributed by atoms with Gasteiger partial charge in [-0.2, -0.15) is 0 Å². The van der Waals surface area contributed by atoms with E-state index >= 15 is 0 Å². The first-order chi connectivity index (χ1) is 3.39. The highest BCUT2D eigenvalue weighted by Crippen LogP contribution is 1.95. The van der Waals surface area contributed by atoms with Crippen molar-refractivity contribution in [2.45, 2.75) is 6.42 Å². The van der Waals surface area contributed by atoms with Gasteiger partial charge in [-0.3, -0.25) is 0 Å². The molecule has 0 bridgehead atoms. The molecule has 1 aliphatic heterocycles. The fourth-order valence-corrected chi connectivity index (χ4v) is 0.412. The van der Waals surface area contributed by atoms with Gasteiger partial charge in [-0.05, 0) is 0 Å². The summed E-state index contributed by atoms with van der Waals surface area (Å²) in [4.78, 5) is 10.0. The Labute approximate surface area is 41.2 Å². The standard InChI is InChI=1S/C4H6O3/c5-4-6-2-1-3-7-4/h1-3H2. The molecule has 1 aliphatic rings. The molecule has 0 aromatic heterocycles. The summed E-state index contributed by atoms with van der Waals surface area (Å²) in [6, 6.07) is 0. The normalized spacial score (nSPS) is 20.3. The summed E-state index contributed by atoms with van der Waals surface area (Å²) in [6.45, 7) is 1.03. The van der Waals surface area contributed by atoms with Gasteiger partial charge < -0.3 is 9.47 Å². The molecular weight excluding hydrogens is 96.0 g/mol. The molecule has 0 radical (unpaired) electrons. The Kier molecular flexibility index (Phi) is 1.15. The minimum Gasteiger partial charge on any atom is -0.434 e. The van der Waals surface area contributed by atoms with Crippen LogP contribution in [0.2, 0.25) is 0 Å². The Morgan fingerprint density at radius 2 is 1.86 bits per heavy atom. The quantitative estimate of drug-likeness (QED) is 0.419. The summed E-state index contributed by atoms with van der Waals surface area (Å²) >= 11 is 0. The minimum atomic E-state index is -0.536. The summed E-state index contributed by atoms with van der Waals surface area (Å²) in [6.07, 6.45) is 0.289. The third-order valence-electron chi connectivity index (χ3n) is 0.729. The van der Waals surface area contributed by atoms with E-state index in [9.17, 15) is 4.79 Å². The average molecular weight is 102 g/mol. The van der Waals surface area contributed by atoms with E-state index in [1.165, 1.54) is 0 Å². The Morgan fingerprint density at radius 1 is 1.29 bits per heavy atom. The van der Waals surface area contributed by atoms with Gasteiger partial charge in [0.05, 0.1) is 13.2 Å². The van der Waals surface area contributed by atoms with Crippen molar-refractivity contribution in [3.8, 4) is 0 Å². The van der Waals surface area contributed by atoms with Gasteiger partial charge in [-0.25, -0.2) is 4.79 Å². The number of hydrogen-bond acceptors (Lipinski definition) is 3. The van der Waals surface area contributed by atoms with Crippen molar-refractivity contribution in [3.05, 3.63) is 0 Å². The zero-order valence-electron chi connectivity index (χ0n) is 3.85. The lowest BCUT2D eigenvalue weighted by Gasteiger charge is -2.09. The molecule has 40 valence electrons. The van der Waals surface area contributed by atoms with Crippen LogP contribution in [-0.4, -0.2) is 19.4 Å². The lowest BCUT2D eigenvalue weighted by Crippen LogP contribution is -2.16. The van der Waals surface area contributed by atoms with E-state index in [2.05, 4.69) is 9.47 Å². The number of cyclic esters (lactones) is 2. The Hall–Kier alpha value is -0.730. The minimum absolute atomic E-state index is 0.513. The van der Waals surface area contributed by atoms with Crippen molar-refractivity contribution in [1.29, 1.82) is 0 Å². The maximum absolute atomic E-state index is 10.0. The van der Waals surface area contributed by atoms with Crippen LogP contribution in [-0.2, 0) is 9.47 Å². The van der Waals surface area contributed by atoms with Crippen molar-refractivity contribution >= 4 is 6.16 Å². The van der Waals surface area contributed by atoms with Gasteiger partial charge in [0.25, 0.3) is 0 Å². The van der Waals surface area contributed by atoms with Crippen LogP contribution in [0.3, 0.4) is 0 Å². The Bertz CT molecular complexity index is 71.0. The molecule has 0 N–H and O–H groups in total. The zero-order valence-corrected chi connectivity index (χ0v) is 3.85. The molecule has 1 saturated heterocycles. The fourth-order valence-electron chi connectivity index (χ4n) is 0.412. The number of ether oxygens (including phenoxy) is 2. The number of carbonyl (C=O) groups excluding carboxylic acids is 1. The molecule has 0 spiro atoms. The third kappa shape index (κ3) is 1.07. The highest BCUT2D eigenvalue weighted by molar-refractivity contribution is 5.60. The number of rotatable bonds is 0. The number of carbonyl (C=O) groups is 1. The Morgan fingerprint density at radius 3 is 2.14 bits per heavy atom. The van der Waals surface area contributed by atoms with E-state index in [-0.39, 0.29) is 0 Å². The fraction of sp³-hybridized carbons (Fsp3) is 0.750. The molecule has 0 saturated carbocycles.